The van der Waals surface area contributed by atoms with Gasteiger partial charge < -0.3 is 14.2 Å². The zero-order valence-electron chi connectivity index (χ0n) is 14.7. The van der Waals surface area contributed by atoms with Crippen LogP contribution in [0.25, 0.3) is 0 Å². The Hall–Kier alpha value is -2.14. The number of aryl methyl sites for hydroxylation is 2. The summed E-state index contributed by atoms with van der Waals surface area (Å²) in [6.45, 7) is 7.07. The van der Waals surface area contributed by atoms with Gasteiger partial charge in [0, 0.05) is 50.1 Å². The lowest BCUT2D eigenvalue weighted by Gasteiger charge is -2.18. The number of nitrogens with zero attached hydrogens (tertiary/aromatic N) is 3. The van der Waals surface area contributed by atoms with Crippen LogP contribution < -0.4 is 0 Å². The third-order valence-corrected chi connectivity index (χ3v) is 4.71. The number of methoxy groups -OCH3 is 1. The van der Waals surface area contributed by atoms with Crippen molar-refractivity contribution >= 4 is 5.91 Å². The van der Waals surface area contributed by atoms with Crippen LogP contribution in [0, 0.1) is 13.8 Å². The van der Waals surface area contributed by atoms with E-state index in [4.69, 9.17) is 4.74 Å². The van der Waals surface area contributed by atoms with Crippen molar-refractivity contribution in [3.63, 3.8) is 0 Å². The number of carbonyl (C=O) groups excluding carboxylic acids is 1. The summed E-state index contributed by atoms with van der Waals surface area (Å²) in [6, 6.07) is 7.81. The van der Waals surface area contributed by atoms with Crippen LogP contribution in [0.1, 0.15) is 39.8 Å². The molecule has 1 unspecified atom stereocenters. The zero-order chi connectivity index (χ0) is 17.1. The molecule has 1 aliphatic heterocycles. The lowest BCUT2D eigenvalue weighted by molar-refractivity contribution is 0.0790. The van der Waals surface area contributed by atoms with Crippen LogP contribution in [-0.2, 0) is 11.3 Å². The minimum Gasteiger partial charge on any atom is -0.383 e. The predicted octanol–water partition coefficient (Wildman–Crippen LogP) is 2.78. The van der Waals surface area contributed by atoms with Crippen LogP contribution in [0.5, 0.6) is 0 Å². The highest BCUT2D eigenvalue weighted by molar-refractivity contribution is 5.94. The van der Waals surface area contributed by atoms with Crippen LogP contribution in [0.2, 0.25) is 0 Å². The Morgan fingerprint density at radius 3 is 2.96 bits per heavy atom. The molecule has 3 rings (SSSR count). The Balaban J connectivity index is 1.73. The summed E-state index contributed by atoms with van der Waals surface area (Å²) in [6.07, 6.45) is 2.87. The van der Waals surface area contributed by atoms with E-state index in [1.807, 2.05) is 42.3 Å². The second-order valence-corrected chi connectivity index (χ2v) is 6.51. The summed E-state index contributed by atoms with van der Waals surface area (Å²) >= 11 is 0. The molecular formula is C19H25N3O2. The third kappa shape index (κ3) is 3.36. The predicted molar refractivity (Wildman–Crippen MR) is 93.3 cm³/mol. The first-order valence-electron chi connectivity index (χ1n) is 8.47. The van der Waals surface area contributed by atoms with Gasteiger partial charge in [-0.1, -0.05) is 17.7 Å². The van der Waals surface area contributed by atoms with Gasteiger partial charge in [-0.2, -0.15) is 0 Å². The van der Waals surface area contributed by atoms with Crippen molar-refractivity contribution in [1.29, 1.82) is 0 Å². The molecule has 1 saturated heterocycles. The standard InChI is InChI=1S/C19H25N3O2/c1-14-5-4-6-16(11-14)19(23)21-8-7-17(13-21)18-20-12-15(2)22(18)9-10-24-3/h4-6,11-12,17H,7-10,13H2,1-3H3. The van der Waals surface area contributed by atoms with Crippen LogP contribution in [0.3, 0.4) is 0 Å². The van der Waals surface area contributed by atoms with Gasteiger partial charge in [0.05, 0.1) is 6.61 Å². The maximum absolute atomic E-state index is 12.7. The van der Waals surface area contributed by atoms with Crippen molar-refractivity contribution in [2.24, 2.45) is 0 Å². The SMILES string of the molecule is COCCn1c(C)cnc1C1CCN(C(=O)c2cccc(C)c2)C1. The highest BCUT2D eigenvalue weighted by Gasteiger charge is 2.30. The first-order chi connectivity index (χ1) is 11.6. The van der Waals surface area contributed by atoms with Gasteiger partial charge in [0.2, 0.25) is 0 Å². The molecule has 0 aliphatic carbocycles. The Bertz CT molecular complexity index is 723. The number of amides is 1. The fourth-order valence-electron chi connectivity index (χ4n) is 3.40. The summed E-state index contributed by atoms with van der Waals surface area (Å²) in [7, 11) is 1.71. The number of hydrogen-bond donors (Lipinski definition) is 0. The molecule has 128 valence electrons. The third-order valence-electron chi connectivity index (χ3n) is 4.71. The minimum absolute atomic E-state index is 0.118. The number of aromatic nitrogens is 2. The molecule has 2 heterocycles. The van der Waals surface area contributed by atoms with E-state index in [9.17, 15) is 4.79 Å². The number of benzene rings is 1. The topological polar surface area (TPSA) is 47.4 Å². The molecule has 0 spiro atoms. The Labute approximate surface area is 143 Å². The van der Waals surface area contributed by atoms with Gasteiger partial charge in [-0.25, -0.2) is 4.98 Å². The Morgan fingerprint density at radius 1 is 1.38 bits per heavy atom. The molecule has 1 aliphatic rings. The summed E-state index contributed by atoms with van der Waals surface area (Å²) in [5, 5.41) is 0. The number of carbonyl (C=O) groups is 1. The normalized spacial score (nSPS) is 17.5. The highest BCUT2D eigenvalue weighted by Crippen LogP contribution is 2.28. The van der Waals surface area contributed by atoms with Crippen LogP contribution in [0.15, 0.2) is 30.5 Å². The highest BCUT2D eigenvalue weighted by atomic mass is 16.5. The van der Waals surface area contributed by atoms with E-state index < -0.39 is 0 Å². The van der Waals surface area contributed by atoms with Gasteiger partial charge >= 0.3 is 0 Å². The maximum Gasteiger partial charge on any atom is 0.253 e. The molecule has 0 bridgehead atoms. The van der Waals surface area contributed by atoms with Crippen LogP contribution in [-0.4, -0.2) is 47.2 Å². The molecule has 1 aromatic heterocycles. The number of rotatable bonds is 5. The second kappa shape index (κ2) is 7.18. The summed E-state index contributed by atoms with van der Waals surface area (Å²) in [4.78, 5) is 19.3. The van der Waals surface area contributed by atoms with Gasteiger partial charge in [0.1, 0.15) is 5.82 Å². The molecule has 1 atom stereocenters. The van der Waals surface area contributed by atoms with Crippen molar-refractivity contribution in [2.45, 2.75) is 32.7 Å². The van der Waals surface area contributed by atoms with Crippen molar-refractivity contribution in [3.8, 4) is 0 Å². The Morgan fingerprint density at radius 2 is 2.21 bits per heavy atom. The second-order valence-electron chi connectivity index (χ2n) is 6.51. The van der Waals surface area contributed by atoms with E-state index in [1.54, 1.807) is 7.11 Å². The number of imidazole rings is 1. The van der Waals surface area contributed by atoms with Crippen molar-refractivity contribution < 1.29 is 9.53 Å². The molecule has 2 aromatic rings. The fourth-order valence-corrected chi connectivity index (χ4v) is 3.40. The smallest absolute Gasteiger partial charge is 0.253 e. The molecule has 1 fully saturated rings. The molecule has 0 N–H and O–H groups in total. The van der Waals surface area contributed by atoms with Gasteiger partial charge in [-0.05, 0) is 32.4 Å². The quantitative estimate of drug-likeness (QED) is 0.848. The van der Waals surface area contributed by atoms with E-state index in [0.29, 0.717) is 12.5 Å². The van der Waals surface area contributed by atoms with E-state index in [2.05, 4.69) is 16.5 Å². The minimum atomic E-state index is 0.118. The first-order valence-corrected chi connectivity index (χ1v) is 8.47. The van der Waals surface area contributed by atoms with Gasteiger partial charge in [0.15, 0.2) is 0 Å². The van der Waals surface area contributed by atoms with E-state index in [0.717, 1.165) is 48.7 Å². The van der Waals surface area contributed by atoms with Crippen LogP contribution >= 0.6 is 0 Å². The number of likely N-dealkylation sites (tertiary alicyclic amines) is 1. The van der Waals surface area contributed by atoms with Crippen molar-refractivity contribution in [3.05, 3.63) is 53.1 Å². The molecular weight excluding hydrogens is 302 g/mol. The van der Waals surface area contributed by atoms with E-state index in [1.165, 1.54) is 0 Å². The molecule has 24 heavy (non-hydrogen) atoms. The Kier molecular flexibility index (Phi) is 5.00. The number of hydrogen-bond acceptors (Lipinski definition) is 3. The summed E-state index contributed by atoms with van der Waals surface area (Å²) in [5.74, 6) is 1.49. The monoisotopic (exact) mass is 327 g/mol. The van der Waals surface area contributed by atoms with Crippen molar-refractivity contribution in [1.82, 2.24) is 14.5 Å². The number of ether oxygens (including phenoxy) is 1. The molecule has 1 amide bonds. The molecule has 0 saturated carbocycles. The summed E-state index contributed by atoms with van der Waals surface area (Å²) in [5.41, 5.74) is 3.03. The average Bonchev–Trinajstić information content (AvgIpc) is 3.19. The van der Waals surface area contributed by atoms with E-state index in [-0.39, 0.29) is 5.91 Å². The molecule has 0 radical (unpaired) electrons. The average molecular weight is 327 g/mol. The van der Waals surface area contributed by atoms with Gasteiger partial charge in [-0.3, -0.25) is 4.79 Å². The van der Waals surface area contributed by atoms with Crippen LogP contribution in [0.4, 0.5) is 0 Å². The lowest BCUT2D eigenvalue weighted by Crippen LogP contribution is -2.28. The molecule has 1 aromatic carbocycles. The van der Waals surface area contributed by atoms with Gasteiger partial charge in [0.25, 0.3) is 5.91 Å². The van der Waals surface area contributed by atoms with E-state index >= 15 is 0 Å². The largest absolute Gasteiger partial charge is 0.383 e. The fraction of sp³-hybridized carbons (Fsp3) is 0.474. The van der Waals surface area contributed by atoms with Crippen molar-refractivity contribution in [2.75, 3.05) is 26.8 Å². The maximum atomic E-state index is 12.7. The lowest BCUT2D eigenvalue weighted by atomic mass is 10.1. The first kappa shape index (κ1) is 16.7. The zero-order valence-corrected chi connectivity index (χ0v) is 14.7. The molecule has 5 heteroatoms. The summed E-state index contributed by atoms with van der Waals surface area (Å²) < 4.78 is 7.42. The molecule has 5 nitrogen and oxygen atoms in total. The van der Waals surface area contributed by atoms with Gasteiger partial charge in [-0.15, -0.1) is 0 Å².